The largest absolute Gasteiger partial charge is 0.463 e. The van der Waals surface area contributed by atoms with Crippen LogP contribution in [0.5, 0.6) is 0 Å². The molecule has 0 unspecified atom stereocenters. The van der Waals surface area contributed by atoms with Crippen molar-refractivity contribution in [3.8, 4) is 11.5 Å². The lowest BCUT2D eigenvalue weighted by molar-refractivity contribution is 0.0952. The third-order valence-corrected chi connectivity index (χ3v) is 5.08. The lowest BCUT2D eigenvalue weighted by atomic mass is 10.1. The molecule has 0 aliphatic carbocycles. The summed E-state index contributed by atoms with van der Waals surface area (Å²) in [6, 6.07) is 13.0. The van der Waals surface area contributed by atoms with E-state index < -0.39 is 0 Å². The minimum absolute atomic E-state index is 0.169. The van der Waals surface area contributed by atoms with Crippen molar-refractivity contribution >= 4 is 33.1 Å². The number of benzene rings is 1. The summed E-state index contributed by atoms with van der Waals surface area (Å²) in [5.74, 6) is 0.460. The van der Waals surface area contributed by atoms with Gasteiger partial charge in [0, 0.05) is 23.2 Å². The second kappa shape index (κ2) is 6.37. The van der Waals surface area contributed by atoms with Gasteiger partial charge >= 0.3 is 0 Å². The number of pyridine rings is 1. The van der Waals surface area contributed by atoms with E-state index in [1.165, 1.54) is 0 Å². The Hall–Kier alpha value is -3.45. The van der Waals surface area contributed by atoms with Gasteiger partial charge in [0.2, 0.25) is 0 Å². The molecule has 5 rings (SSSR count). The van der Waals surface area contributed by atoms with E-state index in [4.69, 9.17) is 4.42 Å². The number of nitrogens with zero attached hydrogens (tertiary/aromatic N) is 3. The standard InChI is InChI=1S/C20H14N4O2S/c25-19(21-11-13-12-24-7-9-27-20(24)22-13)15-10-17(18-6-3-8-26-18)23-16-5-2-1-4-14(15)16/h1-10,12H,11H2,(H,21,25). The maximum Gasteiger partial charge on any atom is 0.252 e. The molecule has 0 radical (unpaired) electrons. The van der Waals surface area contributed by atoms with Crippen LogP contribution in [0.1, 0.15) is 16.1 Å². The summed E-state index contributed by atoms with van der Waals surface area (Å²) < 4.78 is 7.40. The molecule has 0 aliphatic rings. The third kappa shape index (κ3) is 2.88. The van der Waals surface area contributed by atoms with E-state index in [-0.39, 0.29) is 5.91 Å². The summed E-state index contributed by atoms with van der Waals surface area (Å²) in [6.07, 6.45) is 5.46. The second-order valence-electron chi connectivity index (χ2n) is 6.06. The highest BCUT2D eigenvalue weighted by Crippen LogP contribution is 2.25. The van der Waals surface area contributed by atoms with Gasteiger partial charge in [0.15, 0.2) is 10.7 Å². The number of fused-ring (bicyclic) bond motifs is 2. The van der Waals surface area contributed by atoms with Crippen molar-refractivity contribution in [3.63, 3.8) is 0 Å². The smallest absolute Gasteiger partial charge is 0.252 e. The third-order valence-electron chi connectivity index (χ3n) is 4.31. The van der Waals surface area contributed by atoms with E-state index in [0.29, 0.717) is 23.6 Å². The molecule has 0 fully saturated rings. The number of hydrogen-bond donors (Lipinski definition) is 1. The van der Waals surface area contributed by atoms with Gasteiger partial charge in [-0.05, 0) is 24.3 Å². The van der Waals surface area contributed by atoms with Crippen LogP contribution in [0, 0.1) is 0 Å². The highest BCUT2D eigenvalue weighted by atomic mass is 32.1. The van der Waals surface area contributed by atoms with Crippen LogP contribution in [0.3, 0.4) is 0 Å². The molecule has 5 aromatic rings. The second-order valence-corrected chi connectivity index (χ2v) is 6.93. The molecule has 27 heavy (non-hydrogen) atoms. The molecule has 1 N–H and O–H groups in total. The van der Waals surface area contributed by atoms with E-state index in [1.54, 1.807) is 29.7 Å². The summed E-state index contributed by atoms with van der Waals surface area (Å²) in [5.41, 5.74) is 2.76. The van der Waals surface area contributed by atoms with E-state index in [2.05, 4.69) is 15.3 Å². The van der Waals surface area contributed by atoms with Gasteiger partial charge < -0.3 is 9.73 Å². The molecule has 0 bridgehead atoms. The van der Waals surface area contributed by atoms with Crippen LogP contribution in [-0.4, -0.2) is 20.3 Å². The predicted octanol–water partition coefficient (Wildman–Crippen LogP) is 4.13. The number of hydrogen-bond acceptors (Lipinski definition) is 5. The Labute approximate surface area is 158 Å². The Balaban J connectivity index is 1.48. The fraction of sp³-hybridized carbons (Fsp3) is 0.0500. The topological polar surface area (TPSA) is 72.4 Å². The zero-order valence-electron chi connectivity index (χ0n) is 14.1. The maximum absolute atomic E-state index is 12.9. The number of amides is 1. The molecule has 1 amide bonds. The number of furan rings is 1. The molecular weight excluding hydrogens is 360 g/mol. The maximum atomic E-state index is 12.9. The first-order valence-electron chi connectivity index (χ1n) is 8.41. The lowest BCUT2D eigenvalue weighted by Gasteiger charge is -2.09. The van der Waals surface area contributed by atoms with Crippen LogP contribution >= 0.6 is 11.3 Å². The number of aromatic nitrogens is 3. The van der Waals surface area contributed by atoms with Gasteiger partial charge in [-0.2, -0.15) is 0 Å². The molecule has 0 atom stereocenters. The average molecular weight is 374 g/mol. The minimum atomic E-state index is -0.169. The van der Waals surface area contributed by atoms with Crippen LogP contribution in [0.15, 0.2) is 70.9 Å². The van der Waals surface area contributed by atoms with E-state index in [0.717, 1.165) is 21.6 Å². The highest BCUT2D eigenvalue weighted by Gasteiger charge is 2.15. The van der Waals surface area contributed by atoms with Crippen LogP contribution in [0.4, 0.5) is 0 Å². The molecule has 0 saturated heterocycles. The first-order chi connectivity index (χ1) is 13.3. The quantitative estimate of drug-likeness (QED) is 0.513. The molecular formula is C20H14N4O2S. The van der Waals surface area contributed by atoms with Crippen molar-refractivity contribution in [1.29, 1.82) is 0 Å². The predicted molar refractivity (Wildman–Crippen MR) is 104 cm³/mol. The number of imidazole rings is 1. The molecule has 0 saturated carbocycles. The van der Waals surface area contributed by atoms with Gasteiger partial charge in [0.05, 0.1) is 29.6 Å². The monoisotopic (exact) mass is 374 g/mol. The van der Waals surface area contributed by atoms with Crippen molar-refractivity contribution < 1.29 is 9.21 Å². The van der Waals surface area contributed by atoms with Gasteiger partial charge in [-0.1, -0.05) is 18.2 Å². The van der Waals surface area contributed by atoms with Crippen molar-refractivity contribution in [1.82, 2.24) is 19.7 Å². The number of thiazole rings is 1. The number of para-hydroxylation sites is 1. The fourth-order valence-corrected chi connectivity index (χ4v) is 3.76. The average Bonchev–Trinajstić information content (AvgIpc) is 3.42. The number of carbonyl (C=O) groups excluding carboxylic acids is 1. The van der Waals surface area contributed by atoms with Gasteiger partial charge in [-0.25, -0.2) is 9.97 Å². The van der Waals surface area contributed by atoms with E-state index in [9.17, 15) is 4.79 Å². The Kier molecular flexibility index (Phi) is 3.72. The van der Waals surface area contributed by atoms with Crippen molar-refractivity contribution in [3.05, 3.63) is 77.8 Å². The molecule has 0 aliphatic heterocycles. The van der Waals surface area contributed by atoms with Gasteiger partial charge in [0.1, 0.15) is 5.69 Å². The normalized spacial score (nSPS) is 11.3. The van der Waals surface area contributed by atoms with Gasteiger partial charge in [-0.3, -0.25) is 9.20 Å². The van der Waals surface area contributed by atoms with Crippen LogP contribution in [0.2, 0.25) is 0 Å². The Morgan fingerprint density at radius 3 is 2.96 bits per heavy atom. The van der Waals surface area contributed by atoms with Crippen LogP contribution in [0.25, 0.3) is 27.3 Å². The van der Waals surface area contributed by atoms with E-state index >= 15 is 0 Å². The fourth-order valence-electron chi connectivity index (χ4n) is 3.04. The zero-order valence-corrected chi connectivity index (χ0v) is 14.9. The molecule has 4 heterocycles. The summed E-state index contributed by atoms with van der Waals surface area (Å²) in [4.78, 5) is 22.9. The molecule has 4 aromatic heterocycles. The molecule has 0 spiro atoms. The number of nitrogens with one attached hydrogen (secondary N) is 1. The summed E-state index contributed by atoms with van der Waals surface area (Å²) in [6.45, 7) is 0.361. The minimum Gasteiger partial charge on any atom is -0.463 e. The van der Waals surface area contributed by atoms with Crippen molar-refractivity contribution in [2.75, 3.05) is 0 Å². The van der Waals surface area contributed by atoms with Gasteiger partial charge in [-0.15, -0.1) is 11.3 Å². The van der Waals surface area contributed by atoms with Crippen molar-refractivity contribution in [2.45, 2.75) is 6.54 Å². The number of carbonyl (C=O) groups is 1. The van der Waals surface area contributed by atoms with Crippen LogP contribution in [-0.2, 0) is 6.54 Å². The molecule has 132 valence electrons. The first kappa shape index (κ1) is 15.8. The Morgan fingerprint density at radius 2 is 2.11 bits per heavy atom. The Morgan fingerprint density at radius 1 is 1.19 bits per heavy atom. The van der Waals surface area contributed by atoms with Crippen LogP contribution < -0.4 is 5.32 Å². The van der Waals surface area contributed by atoms with Crippen molar-refractivity contribution in [2.24, 2.45) is 0 Å². The lowest BCUT2D eigenvalue weighted by Crippen LogP contribution is -2.23. The molecule has 1 aromatic carbocycles. The van der Waals surface area contributed by atoms with Gasteiger partial charge in [0.25, 0.3) is 5.91 Å². The zero-order chi connectivity index (χ0) is 18.2. The first-order valence-corrected chi connectivity index (χ1v) is 9.29. The Bertz CT molecular complexity index is 1230. The highest BCUT2D eigenvalue weighted by molar-refractivity contribution is 7.15. The SMILES string of the molecule is O=C(NCc1cn2ccsc2n1)c1cc(-c2ccco2)nc2ccccc12. The molecule has 6 nitrogen and oxygen atoms in total. The summed E-state index contributed by atoms with van der Waals surface area (Å²) in [7, 11) is 0. The number of rotatable bonds is 4. The summed E-state index contributed by atoms with van der Waals surface area (Å²) in [5, 5.41) is 5.74. The summed E-state index contributed by atoms with van der Waals surface area (Å²) >= 11 is 1.56. The molecule has 7 heteroatoms. The van der Waals surface area contributed by atoms with E-state index in [1.807, 2.05) is 52.5 Å².